The van der Waals surface area contributed by atoms with Gasteiger partial charge in [-0.05, 0) is 75.6 Å². The van der Waals surface area contributed by atoms with Crippen LogP contribution in [0, 0.1) is 5.92 Å². The lowest BCUT2D eigenvalue weighted by atomic mass is 9.96. The van der Waals surface area contributed by atoms with E-state index >= 15 is 0 Å². The fourth-order valence-corrected chi connectivity index (χ4v) is 4.52. The van der Waals surface area contributed by atoms with E-state index in [1.807, 2.05) is 24.5 Å². The van der Waals surface area contributed by atoms with Gasteiger partial charge in [0.2, 0.25) is 5.91 Å². The van der Waals surface area contributed by atoms with E-state index in [-0.39, 0.29) is 11.8 Å². The first-order chi connectivity index (χ1) is 15.2. The fourth-order valence-electron chi connectivity index (χ4n) is 4.52. The topological polar surface area (TPSA) is 74.2 Å². The molecular formula is C24H28N6O. The molecule has 31 heavy (non-hydrogen) atoms. The van der Waals surface area contributed by atoms with Gasteiger partial charge in [0, 0.05) is 36.2 Å². The smallest absolute Gasteiger partial charge is 0.228 e. The molecular weight excluding hydrogens is 388 g/mol. The number of pyridine rings is 1. The Kier molecular flexibility index (Phi) is 5.51. The zero-order chi connectivity index (χ0) is 21.2. The first-order valence-electron chi connectivity index (χ1n) is 11.1. The predicted octanol–water partition coefficient (Wildman–Crippen LogP) is 3.57. The van der Waals surface area contributed by atoms with E-state index < -0.39 is 0 Å². The number of benzene rings is 1. The SMILES string of the molecule is CN1CCC(C(=O)Nc2cc3cc(-c4cncc(N5CCCC5)c4)ccc3nn2)CC1. The summed E-state index contributed by atoms with van der Waals surface area (Å²) in [5, 5.41) is 12.5. The first kappa shape index (κ1) is 19.9. The molecule has 0 atom stereocenters. The molecule has 0 unspecified atom stereocenters. The molecule has 0 aliphatic carbocycles. The molecule has 0 saturated carbocycles. The van der Waals surface area contributed by atoms with Crippen LogP contribution < -0.4 is 10.2 Å². The zero-order valence-corrected chi connectivity index (χ0v) is 17.9. The van der Waals surface area contributed by atoms with Crippen molar-refractivity contribution in [3.8, 4) is 11.1 Å². The first-order valence-corrected chi connectivity index (χ1v) is 11.1. The van der Waals surface area contributed by atoms with Gasteiger partial charge in [0.15, 0.2) is 5.82 Å². The normalized spacial score (nSPS) is 17.9. The molecule has 2 saturated heterocycles. The third-order valence-electron chi connectivity index (χ3n) is 6.45. The van der Waals surface area contributed by atoms with Gasteiger partial charge in [-0.2, -0.15) is 0 Å². The maximum absolute atomic E-state index is 12.7. The van der Waals surface area contributed by atoms with Crippen molar-refractivity contribution in [2.45, 2.75) is 25.7 Å². The number of likely N-dealkylation sites (tertiary alicyclic amines) is 1. The third-order valence-corrected chi connectivity index (χ3v) is 6.45. The van der Waals surface area contributed by atoms with Crippen molar-refractivity contribution >= 4 is 28.3 Å². The quantitative estimate of drug-likeness (QED) is 0.701. The lowest BCUT2D eigenvalue weighted by molar-refractivity contribution is -0.121. The van der Waals surface area contributed by atoms with Gasteiger partial charge in [0.1, 0.15) is 0 Å². The second-order valence-electron chi connectivity index (χ2n) is 8.70. The van der Waals surface area contributed by atoms with Gasteiger partial charge in [0.05, 0.1) is 17.4 Å². The standard InChI is InChI=1S/C24H28N6O/c1-29-10-6-17(7-11-29)24(31)26-23-14-19-12-18(4-5-22(19)27-28-23)20-13-21(16-25-15-20)30-8-2-3-9-30/h4-5,12-17H,2-3,6-11H2,1H3,(H,26,28,31). The molecule has 1 N–H and O–H groups in total. The van der Waals surface area contributed by atoms with Gasteiger partial charge in [-0.15, -0.1) is 10.2 Å². The van der Waals surface area contributed by atoms with Crippen LogP contribution in [0.4, 0.5) is 11.5 Å². The number of aromatic nitrogens is 3. The number of amides is 1. The van der Waals surface area contributed by atoms with Crippen LogP contribution in [-0.2, 0) is 4.79 Å². The van der Waals surface area contributed by atoms with Crippen LogP contribution in [0.1, 0.15) is 25.7 Å². The molecule has 0 radical (unpaired) electrons. The molecule has 4 heterocycles. The minimum atomic E-state index is 0.0411. The van der Waals surface area contributed by atoms with E-state index in [9.17, 15) is 4.79 Å². The average Bonchev–Trinajstić information content (AvgIpc) is 3.34. The third kappa shape index (κ3) is 4.37. The number of rotatable bonds is 4. The minimum absolute atomic E-state index is 0.0411. The summed E-state index contributed by atoms with van der Waals surface area (Å²) in [4.78, 5) is 21.8. The Morgan fingerprint density at radius 3 is 2.58 bits per heavy atom. The Labute approximate surface area is 182 Å². The van der Waals surface area contributed by atoms with Crippen LogP contribution in [0.15, 0.2) is 42.7 Å². The molecule has 2 aromatic heterocycles. The summed E-state index contributed by atoms with van der Waals surface area (Å²) < 4.78 is 0. The van der Waals surface area contributed by atoms with Crippen molar-refractivity contribution in [2.24, 2.45) is 5.92 Å². The molecule has 5 rings (SSSR count). The van der Waals surface area contributed by atoms with Crippen LogP contribution in [0.3, 0.4) is 0 Å². The van der Waals surface area contributed by atoms with Crippen LogP contribution >= 0.6 is 0 Å². The number of fused-ring (bicyclic) bond motifs is 1. The number of hydrogen-bond donors (Lipinski definition) is 1. The van der Waals surface area contributed by atoms with Gasteiger partial charge in [-0.25, -0.2) is 0 Å². The summed E-state index contributed by atoms with van der Waals surface area (Å²) in [6.45, 7) is 4.10. The van der Waals surface area contributed by atoms with E-state index in [1.54, 1.807) is 0 Å². The second-order valence-corrected chi connectivity index (χ2v) is 8.70. The molecule has 0 spiro atoms. The summed E-state index contributed by atoms with van der Waals surface area (Å²) in [7, 11) is 2.09. The Morgan fingerprint density at radius 2 is 1.77 bits per heavy atom. The highest BCUT2D eigenvalue weighted by Crippen LogP contribution is 2.28. The molecule has 3 aromatic rings. The van der Waals surface area contributed by atoms with Gasteiger partial charge >= 0.3 is 0 Å². The number of nitrogens with zero attached hydrogens (tertiary/aromatic N) is 5. The maximum atomic E-state index is 12.7. The van der Waals surface area contributed by atoms with E-state index in [1.165, 1.54) is 18.5 Å². The minimum Gasteiger partial charge on any atom is -0.370 e. The van der Waals surface area contributed by atoms with E-state index in [0.29, 0.717) is 5.82 Å². The molecule has 1 aromatic carbocycles. The van der Waals surface area contributed by atoms with Gasteiger partial charge in [0.25, 0.3) is 0 Å². The van der Waals surface area contributed by atoms with Crippen LogP contribution in [0.25, 0.3) is 22.0 Å². The molecule has 2 aliphatic heterocycles. The number of carbonyl (C=O) groups excluding carboxylic acids is 1. The van der Waals surface area contributed by atoms with Crippen molar-refractivity contribution in [3.63, 3.8) is 0 Å². The van der Waals surface area contributed by atoms with E-state index in [2.05, 4.69) is 55.5 Å². The molecule has 0 bridgehead atoms. The summed E-state index contributed by atoms with van der Waals surface area (Å²) in [6.07, 6.45) is 8.09. The Hall–Kier alpha value is -3.06. The summed E-state index contributed by atoms with van der Waals surface area (Å²) in [5.74, 6) is 0.595. The molecule has 7 nitrogen and oxygen atoms in total. The number of piperidine rings is 1. The highest BCUT2D eigenvalue weighted by molar-refractivity contribution is 5.94. The van der Waals surface area contributed by atoms with Gasteiger partial charge in [-0.3, -0.25) is 9.78 Å². The van der Waals surface area contributed by atoms with Crippen molar-refractivity contribution in [1.82, 2.24) is 20.1 Å². The van der Waals surface area contributed by atoms with Crippen molar-refractivity contribution in [1.29, 1.82) is 0 Å². The predicted molar refractivity (Wildman–Crippen MR) is 123 cm³/mol. The number of hydrogen-bond acceptors (Lipinski definition) is 6. The van der Waals surface area contributed by atoms with Crippen LogP contribution in [0.2, 0.25) is 0 Å². The zero-order valence-electron chi connectivity index (χ0n) is 17.9. The lowest BCUT2D eigenvalue weighted by Gasteiger charge is -2.27. The fraction of sp³-hybridized carbons (Fsp3) is 0.417. The van der Waals surface area contributed by atoms with E-state index in [0.717, 1.165) is 61.1 Å². The number of nitrogens with one attached hydrogen (secondary N) is 1. The van der Waals surface area contributed by atoms with Crippen LogP contribution in [-0.4, -0.2) is 59.2 Å². The molecule has 160 valence electrons. The highest BCUT2D eigenvalue weighted by atomic mass is 16.2. The molecule has 2 fully saturated rings. The van der Waals surface area contributed by atoms with Crippen molar-refractivity contribution in [3.05, 3.63) is 42.7 Å². The monoisotopic (exact) mass is 416 g/mol. The number of carbonyl (C=O) groups is 1. The van der Waals surface area contributed by atoms with Crippen molar-refractivity contribution in [2.75, 3.05) is 43.4 Å². The lowest BCUT2D eigenvalue weighted by Crippen LogP contribution is -2.36. The highest BCUT2D eigenvalue weighted by Gasteiger charge is 2.23. The molecule has 1 amide bonds. The second kappa shape index (κ2) is 8.59. The average molecular weight is 417 g/mol. The Morgan fingerprint density at radius 1 is 0.968 bits per heavy atom. The van der Waals surface area contributed by atoms with E-state index in [4.69, 9.17) is 0 Å². The number of anilines is 2. The summed E-state index contributed by atoms with van der Waals surface area (Å²) >= 11 is 0. The largest absolute Gasteiger partial charge is 0.370 e. The van der Waals surface area contributed by atoms with Gasteiger partial charge in [-0.1, -0.05) is 6.07 Å². The Balaban J connectivity index is 1.37. The van der Waals surface area contributed by atoms with Gasteiger partial charge < -0.3 is 15.1 Å². The van der Waals surface area contributed by atoms with Crippen LogP contribution in [0.5, 0.6) is 0 Å². The van der Waals surface area contributed by atoms with Crippen molar-refractivity contribution < 1.29 is 4.79 Å². The Bertz CT molecular complexity index is 1090. The molecule has 2 aliphatic rings. The summed E-state index contributed by atoms with van der Waals surface area (Å²) in [6, 6.07) is 10.2. The maximum Gasteiger partial charge on any atom is 0.228 e. The molecule has 7 heteroatoms. The summed E-state index contributed by atoms with van der Waals surface area (Å²) in [5.41, 5.74) is 4.15.